The molecule has 0 fully saturated rings. The van der Waals surface area contributed by atoms with Crippen LogP contribution in [0, 0.1) is 0 Å². The summed E-state index contributed by atoms with van der Waals surface area (Å²) in [6.45, 7) is 9.36. The van der Waals surface area contributed by atoms with Crippen LogP contribution in [0.1, 0.15) is 27.7 Å². The summed E-state index contributed by atoms with van der Waals surface area (Å²) in [6.07, 6.45) is 0. The van der Waals surface area contributed by atoms with Crippen molar-refractivity contribution in [2.75, 3.05) is 23.8 Å². The van der Waals surface area contributed by atoms with Crippen molar-refractivity contribution < 1.29 is 8.42 Å². The second kappa shape index (κ2) is 7.37. The van der Waals surface area contributed by atoms with Crippen molar-refractivity contribution >= 4 is 21.6 Å². The summed E-state index contributed by atoms with van der Waals surface area (Å²) < 4.78 is 24.5. The Hall–Kier alpha value is -0.670. The lowest BCUT2D eigenvalue weighted by molar-refractivity contribution is 0.396. The molecule has 20 heavy (non-hydrogen) atoms. The van der Waals surface area contributed by atoms with E-state index in [0.717, 1.165) is 6.54 Å². The van der Waals surface area contributed by atoms with E-state index >= 15 is 0 Å². The lowest BCUT2D eigenvalue weighted by atomic mass is 10.1. The highest BCUT2D eigenvalue weighted by molar-refractivity contribution is 8.00. The largest absolute Gasteiger partial charge is 0.310 e. The van der Waals surface area contributed by atoms with Gasteiger partial charge < -0.3 is 5.32 Å². The Bertz CT molecular complexity index is 507. The predicted molar refractivity (Wildman–Crippen MR) is 80.6 cm³/mol. The van der Waals surface area contributed by atoms with Crippen molar-refractivity contribution in [3.8, 4) is 0 Å². The first kappa shape index (κ1) is 17.4. The second-order valence-corrected chi connectivity index (χ2v) is 8.98. The van der Waals surface area contributed by atoms with Crippen LogP contribution in [-0.4, -0.2) is 58.0 Å². The predicted octanol–water partition coefficient (Wildman–Crippen LogP) is 0.588. The van der Waals surface area contributed by atoms with Gasteiger partial charge in [-0.1, -0.05) is 18.7 Å². The van der Waals surface area contributed by atoms with Crippen molar-refractivity contribution in [2.45, 2.75) is 44.9 Å². The van der Waals surface area contributed by atoms with E-state index in [2.05, 4.69) is 41.6 Å². The van der Waals surface area contributed by atoms with E-state index in [0.29, 0.717) is 17.5 Å². The molecule has 0 aromatic carbocycles. The summed E-state index contributed by atoms with van der Waals surface area (Å²) in [5.41, 5.74) is 0.0521. The standard InChI is InChI=1S/C11H23N5O2S2/c1-5-20(17,18)9-8-19-10-13-14-15-16(10)7-6-12-11(2,3)4/h12H,5-9H2,1-4H3. The van der Waals surface area contributed by atoms with Gasteiger partial charge in [0.25, 0.3) is 0 Å². The summed E-state index contributed by atoms with van der Waals surface area (Å²) in [5, 5.41) is 15.5. The van der Waals surface area contributed by atoms with Gasteiger partial charge in [-0.3, -0.25) is 0 Å². The van der Waals surface area contributed by atoms with Gasteiger partial charge in [-0.05, 0) is 31.2 Å². The quantitative estimate of drug-likeness (QED) is 0.701. The molecule has 0 amide bonds. The Morgan fingerprint density at radius 3 is 2.65 bits per heavy atom. The van der Waals surface area contributed by atoms with E-state index < -0.39 is 9.84 Å². The third kappa shape index (κ3) is 6.67. The molecule has 1 N–H and O–H groups in total. The van der Waals surface area contributed by atoms with E-state index in [-0.39, 0.29) is 17.0 Å². The van der Waals surface area contributed by atoms with Gasteiger partial charge in [-0.2, -0.15) is 0 Å². The van der Waals surface area contributed by atoms with Crippen LogP contribution in [0.25, 0.3) is 0 Å². The average molecular weight is 321 g/mol. The molecule has 0 unspecified atom stereocenters. The number of tetrazole rings is 1. The molecule has 116 valence electrons. The van der Waals surface area contributed by atoms with Gasteiger partial charge >= 0.3 is 0 Å². The number of aromatic nitrogens is 4. The van der Waals surface area contributed by atoms with E-state index in [1.807, 2.05) is 0 Å². The lowest BCUT2D eigenvalue weighted by Crippen LogP contribution is -2.38. The minimum Gasteiger partial charge on any atom is -0.310 e. The summed E-state index contributed by atoms with van der Waals surface area (Å²) in [6, 6.07) is 0. The average Bonchev–Trinajstić information content (AvgIpc) is 2.75. The van der Waals surface area contributed by atoms with Crippen molar-refractivity contribution in [1.29, 1.82) is 0 Å². The van der Waals surface area contributed by atoms with Crippen LogP contribution in [0.5, 0.6) is 0 Å². The van der Waals surface area contributed by atoms with E-state index in [1.54, 1.807) is 11.6 Å². The van der Waals surface area contributed by atoms with Crippen LogP contribution >= 0.6 is 11.8 Å². The van der Waals surface area contributed by atoms with E-state index in [4.69, 9.17) is 0 Å². The highest BCUT2D eigenvalue weighted by atomic mass is 32.2. The van der Waals surface area contributed by atoms with Crippen LogP contribution in [0.4, 0.5) is 0 Å². The number of rotatable bonds is 8. The first-order chi connectivity index (χ1) is 9.23. The smallest absolute Gasteiger partial charge is 0.209 e. The summed E-state index contributed by atoms with van der Waals surface area (Å²) in [7, 11) is -2.93. The molecule has 1 aromatic heterocycles. The zero-order valence-corrected chi connectivity index (χ0v) is 14.1. The number of nitrogens with one attached hydrogen (secondary N) is 1. The first-order valence-corrected chi connectivity index (χ1v) is 9.38. The molecule has 1 aromatic rings. The van der Waals surface area contributed by atoms with Crippen LogP contribution in [0.15, 0.2) is 5.16 Å². The topological polar surface area (TPSA) is 89.8 Å². The van der Waals surface area contributed by atoms with Crippen LogP contribution < -0.4 is 5.32 Å². The van der Waals surface area contributed by atoms with Gasteiger partial charge in [-0.25, -0.2) is 13.1 Å². The van der Waals surface area contributed by atoms with Crippen LogP contribution in [0.2, 0.25) is 0 Å². The molecule has 0 spiro atoms. The minimum absolute atomic E-state index is 0.0521. The van der Waals surface area contributed by atoms with E-state index in [1.165, 1.54) is 11.8 Å². The molecule has 0 saturated carbocycles. The highest BCUT2D eigenvalue weighted by Crippen LogP contribution is 2.14. The number of sulfone groups is 1. The van der Waals surface area contributed by atoms with Crippen LogP contribution in [-0.2, 0) is 16.4 Å². The lowest BCUT2D eigenvalue weighted by Gasteiger charge is -2.20. The Kier molecular flexibility index (Phi) is 6.41. The van der Waals surface area contributed by atoms with Gasteiger partial charge in [0.15, 0.2) is 9.84 Å². The molecule has 0 aliphatic heterocycles. The highest BCUT2D eigenvalue weighted by Gasteiger charge is 2.12. The number of nitrogens with zero attached hydrogens (tertiary/aromatic N) is 4. The fourth-order valence-electron chi connectivity index (χ4n) is 1.38. The number of hydrogen-bond acceptors (Lipinski definition) is 7. The molecule has 1 rings (SSSR count). The maximum absolute atomic E-state index is 11.4. The molecule has 9 heteroatoms. The zero-order chi connectivity index (χ0) is 15.2. The third-order valence-electron chi connectivity index (χ3n) is 2.54. The van der Waals surface area contributed by atoms with Crippen molar-refractivity contribution in [1.82, 2.24) is 25.5 Å². The van der Waals surface area contributed by atoms with Gasteiger partial charge in [-0.15, -0.1) is 5.10 Å². The molecule has 0 radical (unpaired) electrons. The maximum Gasteiger partial charge on any atom is 0.209 e. The third-order valence-corrected chi connectivity index (χ3v) is 5.47. The van der Waals surface area contributed by atoms with Crippen molar-refractivity contribution in [2.24, 2.45) is 0 Å². The maximum atomic E-state index is 11.4. The number of hydrogen-bond donors (Lipinski definition) is 1. The minimum atomic E-state index is -2.93. The molecular weight excluding hydrogens is 298 g/mol. The van der Waals surface area contributed by atoms with E-state index in [9.17, 15) is 8.42 Å². The van der Waals surface area contributed by atoms with Crippen LogP contribution in [0.3, 0.4) is 0 Å². The first-order valence-electron chi connectivity index (χ1n) is 6.58. The molecule has 0 bridgehead atoms. The fraction of sp³-hybridized carbons (Fsp3) is 0.909. The summed E-state index contributed by atoms with van der Waals surface area (Å²) >= 11 is 1.37. The van der Waals surface area contributed by atoms with Gasteiger partial charge in [0, 0.05) is 23.6 Å². The van der Waals surface area contributed by atoms with Gasteiger partial charge in [0.05, 0.1) is 12.3 Å². The molecular formula is C11H23N5O2S2. The fourth-order valence-corrected chi connectivity index (χ4v) is 3.57. The monoisotopic (exact) mass is 321 g/mol. The molecule has 0 atom stereocenters. The molecule has 7 nitrogen and oxygen atoms in total. The SMILES string of the molecule is CCS(=O)(=O)CCSc1nnnn1CCNC(C)(C)C. The van der Waals surface area contributed by atoms with Gasteiger partial charge in [0.2, 0.25) is 5.16 Å². The second-order valence-electron chi connectivity index (χ2n) is 5.45. The van der Waals surface area contributed by atoms with Crippen molar-refractivity contribution in [3.05, 3.63) is 0 Å². The Morgan fingerprint density at radius 1 is 1.35 bits per heavy atom. The summed E-state index contributed by atoms with van der Waals surface area (Å²) in [4.78, 5) is 0. The molecule has 0 aliphatic carbocycles. The summed E-state index contributed by atoms with van der Waals surface area (Å²) in [5.74, 6) is 0.804. The Labute approximate surface area is 124 Å². The zero-order valence-electron chi connectivity index (χ0n) is 12.5. The molecule has 0 aliphatic rings. The Morgan fingerprint density at radius 2 is 2.05 bits per heavy atom. The molecule has 0 saturated heterocycles. The van der Waals surface area contributed by atoms with Gasteiger partial charge in [0.1, 0.15) is 0 Å². The Balaban J connectivity index is 2.43. The number of thioether (sulfide) groups is 1. The normalized spacial score (nSPS) is 12.8. The molecule has 1 heterocycles. The van der Waals surface area contributed by atoms with Crippen molar-refractivity contribution in [3.63, 3.8) is 0 Å².